The van der Waals surface area contributed by atoms with Gasteiger partial charge in [-0.1, -0.05) is 0 Å². The van der Waals surface area contributed by atoms with Crippen LogP contribution in [0, 0.1) is 0 Å². The molecule has 2 fully saturated rings. The summed E-state index contributed by atoms with van der Waals surface area (Å²) in [7, 11) is 0. The van der Waals surface area contributed by atoms with Gasteiger partial charge in [-0.2, -0.15) is 0 Å². The van der Waals surface area contributed by atoms with Crippen molar-refractivity contribution in [2.75, 3.05) is 37.6 Å². The number of nitrogens with one attached hydrogen (secondary N) is 1. The Morgan fingerprint density at radius 2 is 1.79 bits per heavy atom. The van der Waals surface area contributed by atoms with Crippen molar-refractivity contribution in [1.29, 1.82) is 0 Å². The second-order valence-electron chi connectivity index (χ2n) is 6.96. The van der Waals surface area contributed by atoms with Crippen LogP contribution in [0.25, 0.3) is 0 Å². The Hall–Kier alpha value is -1.64. The zero-order chi connectivity index (χ0) is 18.4. The van der Waals surface area contributed by atoms with E-state index in [1.165, 1.54) is 12.8 Å². The minimum atomic E-state index is -0.108. The van der Waals surface area contributed by atoms with E-state index >= 15 is 0 Å². The number of anilines is 1. The molecule has 1 unspecified atom stereocenters. The third-order valence-corrected chi connectivity index (χ3v) is 5.09. The van der Waals surface area contributed by atoms with Crippen molar-refractivity contribution in [2.24, 2.45) is 5.73 Å². The van der Waals surface area contributed by atoms with Crippen molar-refractivity contribution in [3.05, 3.63) is 17.8 Å². The number of amides is 2. The highest BCUT2D eigenvalue weighted by atomic mass is 35.5. The molecule has 2 aliphatic heterocycles. The Morgan fingerprint density at radius 3 is 2.43 bits per heavy atom. The number of carbonyl (C=O) groups excluding carboxylic acids is 2. The number of hydrogen-bond acceptors (Lipinski definition) is 6. The van der Waals surface area contributed by atoms with Crippen molar-refractivity contribution >= 4 is 42.4 Å². The summed E-state index contributed by atoms with van der Waals surface area (Å²) in [6.45, 7) is 3.48. The van der Waals surface area contributed by atoms with E-state index in [4.69, 9.17) is 5.73 Å². The Bertz CT molecular complexity index is 625. The van der Waals surface area contributed by atoms with Crippen molar-refractivity contribution in [3.63, 3.8) is 0 Å². The van der Waals surface area contributed by atoms with Crippen LogP contribution in [-0.2, 0) is 4.79 Å². The molecular formula is C18H30Cl2N6O2. The molecule has 1 aromatic rings. The van der Waals surface area contributed by atoms with Crippen LogP contribution < -0.4 is 16.0 Å². The first-order valence-electron chi connectivity index (χ1n) is 9.55. The Labute approximate surface area is 178 Å². The van der Waals surface area contributed by atoms with Crippen molar-refractivity contribution in [3.8, 4) is 0 Å². The van der Waals surface area contributed by atoms with Crippen LogP contribution in [0.1, 0.15) is 49.0 Å². The fourth-order valence-corrected chi connectivity index (χ4v) is 3.63. The zero-order valence-electron chi connectivity index (χ0n) is 16.0. The zero-order valence-corrected chi connectivity index (χ0v) is 17.6. The molecule has 0 aliphatic carbocycles. The van der Waals surface area contributed by atoms with Crippen molar-refractivity contribution in [2.45, 2.75) is 44.6 Å². The molecule has 3 heterocycles. The molecule has 2 aliphatic rings. The summed E-state index contributed by atoms with van der Waals surface area (Å²) in [5, 5.41) is 11.3. The largest absolute Gasteiger partial charge is 0.355 e. The number of likely N-dealkylation sites (tertiary alicyclic amines) is 1. The van der Waals surface area contributed by atoms with E-state index in [-0.39, 0.29) is 42.7 Å². The smallest absolute Gasteiger partial charge is 0.274 e. The fourth-order valence-electron chi connectivity index (χ4n) is 3.63. The normalized spacial score (nSPS) is 18.8. The molecule has 0 bridgehead atoms. The van der Waals surface area contributed by atoms with Crippen molar-refractivity contribution in [1.82, 2.24) is 20.4 Å². The quantitative estimate of drug-likeness (QED) is 0.703. The average Bonchev–Trinajstić information content (AvgIpc) is 3.21. The third kappa shape index (κ3) is 6.18. The molecule has 2 saturated heterocycles. The van der Waals surface area contributed by atoms with E-state index in [0.29, 0.717) is 31.7 Å². The van der Waals surface area contributed by atoms with Gasteiger partial charge in [0.1, 0.15) is 0 Å². The number of halogens is 2. The summed E-state index contributed by atoms with van der Waals surface area (Å²) in [6, 6.07) is 3.65. The molecule has 1 aromatic heterocycles. The van der Waals surface area contributed by atoms with Gasteiger partial charge in [0, 0.05) is 45.2 Å². The van der Waals surface area contributed by atoms with E-state index in [1.54, 1.807) is 6.07 Å². The van der Waals surface area contributed by atoms with Crippen LogP contribution in [0.5, 0.6) is 0 Å². The van der Waals surface area contributed by atoms with E-state index in [9.17, 15) is 9.59 Å². The Balaban J connectivity index is 0.00000196. The minimum absolute atomic E-state index is 0. The average molecular weight is 433 g/mol. The van der Waals surface area contributed by atoms with Gasteiger partial charge in [-0.15, -0.1) is 35.0 Å². The first-order chi connectivity index (χ1) is 12.7. The molecule has 158 valence electrons. The van der Waals surface area contributed by atoms with Gasteiger partial charge in [-0.05, 0) is 44.2 Å². The molecule has 3 N–H and O–H groups in total. The summed E-state index contributed by atoms with van der Waals surface area (Å²) >= 11 is 0. The molecule has 0 radical (unpaired) electrons. The van der Waals surface area contributed by atoms with Crippen LogP contribution in [0.4, 0.5) is 5.82 Å². The van der Waals surface area contributed by atoms with Gasteiger partial charge in [0.25, 0.3) is 5.91 Å². The summed E-state index contributed by atoms with van der Waals surface area (Å²) in [4.78, 5) is 28.6. The van der Waals surface area contributed by atoms with Gasteiger partial charge in [0.15, 0.2) is 11.5 Å². The maximum Gasteiger partial charge on any atom is 0.274 e. The minimum Gasteiger partial charge on any atom is -0.355 e. The molecule has 0 aromatic carbocycles. The molecule has 1 atom stereocenters. The molecule has 0 spiro atoms. The lowest BCUT2D eigenvalue weighted by Gasteiger charge is -2.35. The summed E-state index contributed by atoms with van der Waals surface area (Å²) < 4.78 is 0. The molecule has 3 rings (SSSR count). The van der Waals surface area contributed by atoms with Crippen LogP contribution in [-0.4, -0.2) is 65.7 Å². The number of carbonyl (C=O) groups is 2. The summed E-state index contributed by atoms with van der Waals surface area (Å²) in [5.41, 5.74) is 5.77. The molecule has 28 heavy (non-hydrogen) atoms. The molecule has 8 nitrogen and oxygen atoms in total. The molecular weight excluding hydrogens is 403 g/mol. The number of rotatable bonds is 6. The van der Waals surface area contributed by atoms with Gasteiger partial charge in [-0.25, -0.2) is 0 Å². The van der Waals surface area contributed by atoms with Crippen LogP contribution in [0.3, 0.4) is 0 Å². The highest BCUT2D eigenvalue weighted by Crippen LogP contribution is 2.20. The molecule has 0 saturated carbocycles. The van der Waals surface area contributed by atoms with Gasteiger partial charge in [0.2, 0.25) is 5.91 Å². The maximum atomic E-state index is 12.9. The van der Waals surface area contributed by atoms with Gasteiger partial charge in [0.05, 0.1) is 0 Å². The van der Waals surface area contributed by atoms with E-state index in [2.05, 4.69) is 20.4 Å². The second kappa shape index (κ2) is 12.0. The number of aromatic nitrogens is 2. The summed E-state index contributed by atoms with van der Waals surface area (Å²) in [5.74, 6) is 0.659. The fraction of sp³-hybridized carbons (Fsp3) is 0.667. The van der Waals surface area contributed by atoms with Gasteiger partial charge in [-0.3, -0.25) is 9.59 Å². The lowest BCUT2D eigenvalue weighted by atomic mass is 10.0. The van der Waals surface area contributed by atoms with Crippen LogP contribution in [0.15, 0.2) is 12.1 Å². The number of hydrogen-bond donors (Lipinski definition) is 2. The second-order valence-corrected chi connectivity index (χ2v) is 6.96. The van der Waals surface area contributed by atoms with E-state index in [0.717, 1.165) is 38.2 Å². The van der Waals surface area contributed by atoms with Gasteiger partial charge < -0.3 is 20.9 Å². The topological polar surface area (TPSA) is 104 Å². The van der Waals surface area contributed by atoms with Crippen LogP contribution >= 0.6 is 24.8 Å². The van der Waals surface area contributed by atoms with Crippen LogP contribution in [0.2, 0.25) is 0 Å². The lowest BCUT2D eigenvalue weighted by Crippen LogP contribution is -2.49. The van der Waals surface area contributed by atoms with Crippen molar-refractivity contribution < 1.29 is 9.59 Å². The van der Waals surface area contributed by atoms with E-state index < -0.39 is 0 Å². The number of nitrogens with zero attached hydrogens (tertiary/aromatic N) is 4. The SMILES string of the molecule is Cl.Cl.NCCC(=O)NCC1CCCCN1C(=O)c1ccc(N2CCCC2)nn1. The molecule has 10 heteroatoms. The van der Waals surface area contributed by atoms with Gasteiger partial charge >= 0.3 is 0 Å². The number of piperidine rings is 1. The Morgan fingerprint density at radius 1 is 1.07 bits per heavy atom. The molecule has 2 amide bonds. The highest BCUT2D eigenvalue weighted by Gasteiger charge is 2.29. The lowest BCUT2D eigenvalue weighted by molar-refractivity contribution is -0.121. The first-order valence-corrected chi connectivity index (χ1v) is 9.55. The predicted octanol–water partition coefficient (Wildman–Crippen LogP) is 1.38. The number of nitrogens with two attached hydrogens (primary N) is 1. The summed E-state index contributed by atoms with van der Waals surface area (Å²) in [6.07, 6.45) is 5.57. The Kier molecular flexibility index (Phi) is 10.5. The first kappa shape index (κ1) is 24.4. The maximum absolute atomic E-state index is 12.9. The van der Waals surface area contributed by atoms with E-state index in [1.807, 2.05) is 11.0 Å². The predicted molar refractivity (Wildman–Crippen MR) is 113 cm³/mol. The monoisotopic (exact) mass is 432 g/mol. The standard InChI is InChI=1S/C18H28N6O2.2ClH/c19-9-8-17(25)20-13-14-5-1-2-12-24(14)18(26)15-6-7-16(22-21-15)23-10-3-4-11-23;;/h6-7,14H,1-5,8-13,19H2,(H,20,25);2*1H. The third-order valence-electron chi connectivity index (χ3n) is 5.09. The highest BCUT2D eigenvalue weighted by molar-refractivity contribution is 5.92.